The van der Waals surface area contributed by atoms with Gasteiger partial charge in [0.25, 0.3) is 0 Å². The number of pyridine rings is 1. The summed E-state index contributed by atoms with van der Waals surface area (Å²) in [5.74, 6) is -1.23. The van der Waals surface area contributed by atoms with E-state index in [4.69, 9.17) is 0 Å². The lowest BCUT2D eigenvalue weighted by Gasteiger charge is -2.37. The van der Waals surface area contributed by atoms with Gasteiger partial charge in [0.1, 0.15) is 10.4 Å². The molecule has 1 saturated carbocycles. The third kappa shape index (κ3) is 4.39. The summed E-state index contributed by atoms with van der Waals surface area (Å²) in [5.41, 5.74) is -1.32. The molecule has 0 radical (unpaired) electrons. The van der Waals surface area contributed by atoms with Crippen LogP contribution in [0.3, 0.4) is 0 Å². The summed E-state index contributed by atoms with van der Waals surface area (Å²) in [6, 6.07) is 2.88. The van der Waals surface area contributed by atoms with E-state index in [1.165, 1.54) is 31.6 Å². The van der Waals surface area contributed by atoms with Crippen molar-refractivity contribution in [1.29, 1.82) is 0 Å². The number of carbonyl (C=O) groups excluding carboxylic acids is 1. The zero-order valence-corrected chi connectivity index (χ0v) is 15.8. The highest BCUT2D eigenvalue weighted by molar-refractivity contribution is 7.89. The molecule has 0 spiro atoms. The number of carboxylic acid groups (broad SMARTS) is 1. The number of likely N-dealkylation sites (N-methyl/N-ethyl adjacent to an activating group) is 1. The van der Waals surface area contributed by atoms with Gasteiger partial charge in [-0.1, -0.05) is 13.3 Å². The Hall–Kier alpha value is -2.00. The fourth-order valence-electron chi connectivity index (χ4n) is 3.24. The Kier molecular flexibility index (Phi) is 6.35. The van der Waals surface area contributed by atoms with Crippen LogP contribution >= 0.6 is 0 Å². The summed E-state index contributed by atoms with van der Waals surface area (Å²) in [7, 11) is -2.58. The van der Waals surface area contributed by atoms with E-state index in [9.17, 15) is 23.1 Å². The van der Waals surface area contributed by atoms with E-state index in [-0.39, 0.29) is 4.90 Å². The Morgan fingerprint density at radius 2 is 2.04 bits per heavy atom. The fraction of sp³-hybridized carbons (Fsp3) is 0.588. The molecule has 26 heavy (non-hydrogen) atoms. The third-order valence-electron chi connectivity index (χ3n) is 5.03. The molecule has 8 nitrogen and oxygen atoms in total. The van der Waals surface area contributed by atoms with Crippen LogP contribution < -0.4 is 5.32 Å². The average molecular weight is 383 g/mol. The highest BCUT2D eigenvalue weighted by atomic mass is 32.2. The van der Waals surface area contributed by atoms with Crippen LogP contribution in [0.15, 0.2) is 29.4 Å². The number of nitrogens with zero attached hydrogens (tertiary/aromatic N) is 2. The summed E-state index contributed by atoms with van der Waals surface area (Å²) in [6.07, 6.45) is 5.80. The lowest BCUT2D eigenvalue weighted by atomic mass is 9.75. The molecule has 0 aliphatic heterocycles. The maximum Gasteiger partial charge on any atom is 0.329 e. The van der Waals surface area contributed by atoms with E-state index in [1.807, 2.05) is 0 Å². The molecule has 0 atom stereocenters. The number of aliphatic carboxylic acids is 1. The first-order valence-electron chi connectivity index (χ1n) is 8.62. The molecule has 1 amide bonds. The van der Waals surface area contributed by atoms with Crippen molar-refractivity contribution in [3.8, 4) is 0 Å². The molecule has 9 heteroatoms. The highest BCUT2D eigenvalue weighted by Gasteiger charge is 2.43. The second kappa shape index (κ2) is 8.13. The van der Waals surface area contributed by atoms with Gasteiger partial charge < -0.3 is 10.4 Å². The molecule has 144 valence electrons. The zero-order chi connectivity index (χ0) is 19.4. The molecule has 2 rings (SSSR count). The summed E-state index contributed by atoms with van der Waals surface area (Å²) in [6.45, 7) is 1.61. The predicted molar refractivity (Wildman–Crippen MR) is 94.8 cm³/mol. The van der Waals surface area contributed by atoms with Crippen LogP contribution in [-0.2, 0) is 19.6 Å². The monoisotopic (exact) mass is 383 g/mol. The van der Waals surface area contributed by atoms with E-state index in [2.05, 4.69) is 17.2 Å². The molecular formula is C17H25N3O5S. The molecule has 0 aromatic carbocycles. The molecule has 1 aromatic rings. The number of carbonyl (C=O) groups is 2. The van der Waals surface area contributed by atoms with E-state index in [1.54, 1.807) is 0 Å². The standard InChI is InChI=1S/C17H25N3O5S/c1-3-13-6-8-17(9-7-13,16(22)23)19-15(21)12-20(2)26(24,25)14-5-4-10-18-11-14/h4-5,10-11,13H,3,6-9,12H2,1-2H3,(H,19,21)(H,22,23). The van der Waals surface area contributed by atoms with Gasteiger partial charge in [0.2, 0.25) is 15.9 Å². The minimum absolute atomic E-state index is 0.0216. The molecule has 0 unspecified atom stereocenters. The molecule has 2 N–H and O–H groups in total. The predicted octanol–water partition coefficient (Wildman–Crippen LogP) is 1.24. The summed E-state index contributed by atoms with van der Waals surface area (Å²) in [4.78, 5) is 27.9. The molecule has 1 aliphatic carbocycles. The van der Waals surface area contributed by atoms with Crippen LogP contribution in [0.25, 0.3) is 0 Å². The van der Waals surface area contributed by atoms with Gasteiger partial charge in [-0.3, -0.25) is 9.78 Å². The van der Waals surface area contributed by atoms with Gasteiger partial charge in [-0.15, -0.1) is 0 Å². The molecule has 1 fully saturated rings. The third-order valence-corrected chi connectivity index (χ3v) is 6.82. The van der Waals surface area contributed by atoms with E-state index < -0.39 is 34.0 Å². The van der Waals surface area contributed by atoms with E-state index in [0.29, 0.717) is 18.8 Å². The normalized spacial score (nSPS) is 23.6. The van der Waals surface area contributed by atoms with Gasteiger partial charge in [0, 0.05) is 19.4 Å². The lowest BCUT2D eigenvalue weighted by Crippen LogP contribution is -2.58. The quantitative estimate of drug-likeness (QED) is 0.732. The minimum atomic E-state index is -3.87. The Morgan fingerprint density at radius 3 is 2.54 bits per heavy atom. The van der Waals surface area contributed by atoms with Crippen molar-refractivity contribution in [2.45, 2.75) is 49.5 Å². The first-order valence-corrected chi connectivity index (χ1v) is 10.1. The first-order chi connectivity index (χ1) is 12.2. The molecular weight excluding hydrogens is 358 g/mol. The largest absolute Gasteiger partial charge is 0.480 e. The molecule has 1 aliphatic rings. The van der Waals surface area contributed by atoms with Crippen molar-refractivity contribution < 1.29 is 23.1 Å². The Labute approximate surface area is 153 Å². The minimum Gasteiger partial charge on any atom is -0.480 e. The van der Waals surface area contributed by atoms with Crippen molar-refractivity contribution in [2.24, 2.45) is 5.92 Å². The number of carboxylic acids is 1. The van der Waals surface area contributed by atoms with Crippen LogP contribution in [0, 0.1) is 5.92 Å². The SMILES string of the molecule is CCC1CCC(NC(=O)CN(C)S(=O)(=O)c2cccnc2)(C(=O)O)CC1. The number of hydrogen-bond acceptors (Lipinski definition) is 5. The average Bonchev–Trinajstić information content (AvgIpc) is 2.62. The van der Waals surface area contributed by atoms with Crippen LogP contribution in [0.4, 0.5) is 0 Å². The number of nitrogens with one attached hydrogen (secondary N) is 1. The van der Waals surface area contributed by atoms with Crippen LogP contribution in [0.1, 0.15) is 39.0 Å². The van der Waals surface area contributed by atoms with Crippen molar-refractivity contribution in [2.75, 3.05) is 13.6 Å². The maximum atomic E-state index is 12.4. The van der Waals surface area contributed by atoms with Gasteiger partial charge in [-0.2, -0.15) is 4.31 Å². The van der Waals surface area contributed by atoms with Crippen molar-refractivity contribution in [3.63, 3.8) is 0 Å². The second-order valence-corrected chi connectivity index (χ2v) is 8.78. The molecule has 0 bridgehead atoms. The lowest BCUT2D eigenvalue weighted by molar-refractivity contribution is -0.149. The Bertz CT molecular complexity index is 743. The highest BCUT2D eigenvalue weighted by Crippen LogP contribution is 2.34. The smallest absolute Gasteiger partial charge is 0.329 e. The van der Waals surface area contributed by atoms with Gasteiger partial charge in [0.05, 0.1) is 6.54 Å². The summed E-state index contributed by atoms with van der Waals surface area (Å²) in [5, 5.41) is 12.2. The van der Waals surface area contributed by atoms with Crippen LogP contribution in [0.2, 0.25) is 0 Å². The van der Waals surface area contributed by atoms with Crippen molar-refractivity contribution >= 4 is 21.9 Å². The number of hydrogen-bond donors (Lipinski definition) is 2. The number of rotatable bonds is 7. The van der Waals surface area contributed by atoms with Crippen molar-refractivity contribution in [1.82, 2.24) is 14.6 Å². The van der Waals surface area contributed by atoms with Gasteiger partial charge in [0.15, 0.2) is 0 Å². The topological polar surface area (TPSA) is 117 Å². The van der Waals surface area contributed by atoms with Gasteiger partial charge in [-0.05, 0) is 43.7 Å². The van der Waals surface area contributed by atoms with Gasteiger partial charge in [-0.25, -0.2) is 13.2 Å². The fourth-order valence-corrected chi connectivity index (χ4v) is 4.34. The Balaban J connectivity index is 2.06. The summed E-state index contributed by atoms with van der Waals surface area (Å²) < 4.78 is 25.8. The number of sulfonamides is 1. The first kappa shape index (κ1) is 20.3. The van der Waals surface area contributed by atoms with E-state index >= 15 is 0 Å². The number of amides is 1. The molecule has 1 aromatic heterocycles. The van der Waals surface area contributed by atoms with Crippen LogP contribution in [-0.4, -0.2) is 53.8 Å². The van der Waals surface area contributed by atoms with Gasteiger partial charge >= 0.3 is 5.97 Å². The number of aromatic nitrogens is 1. The van der Waals surface area contributed by atoms with Crippen LogP contribution in [0.5, 0.6) is 0 Å². The molecule has 1 heterocycles. The zero-order valence-electron chi connectivity index (χ0n) is 15.0. The second-order valence-electron chi connectivity index (χ2n) is 6.74. The molecule has 0 saturated heterocycles. The maximum absolute atomic E-state index is 12.4. The summed E-state index contributed by atoms with van der Waals surface area (Å²) >= 11 is 0. The van der Waals surface area contributed by atoms with E-state index in [0.717, 1.165) is 23.6 Å². The van der Waals surface area contributed by atoms with Crippen molar-refractivity contribution in [3.05, 3.63) is 24.5 Å². The Morgan fingerprint density at radius 1 is 1.38 bits per heavy atom.